The van der Waals surface area contributed by atoms with Gasteiger partial charge < -0.3 is 23.8 Å². The van der Waals surface area contributed by atoms with Crippen molar-refractivity contribution in [3.63, 3.8) is 0 Å². The summed E-state index contributed by atoms with van der Waals surface area (Å²) in [5.41, 5.74) is 5.53. The number of anilines is 1. The van der Waals surface area contributed by atoms with Gasteiger partial charge in [0.1, 0.15) is 6.10 Å². The molecule has 3 aromatic rings. The Morgan fingerprint density at radius 3 is 2.19 bits per heavy atom. The highest BCUT2D eigenvalue weighted by atomic mass is 16.7. The van der Waals surface area contributed by atoms with Gasteiger partial charge in [0.05, 0.1) is 12.3 Å². The molecule has 1 heterocycles. The fourth-order valence-corrected chi connectivity index (χ4v) is 6.51. The van der Waals surface area contributed by atoms with Crippen molar-refractivity contribution in [1.82, 2.24) is 4.90 Å². The van der Waals surface area contributed by atoms with Gasteiger partial charge in [0.2, 0.25) is 0 Å². The normalized spacial score (nSPS) is 19.9. The molecule has 1 saturated heterocycles. The summed E-state index contributed by atoms with van der Waals surface area (Å²) in [6.07, 6.45) is 5.14. The number of hydrogen-bond donors (Lipinski definition) is 1. The zero-order chi connectivity index (χ0) is 29.9. The minimum atomic E-state index is -0.359. The number of nitrogens with one attached hydrogen (secondary N) is 1. The Bertz CT molecular complexity index is 1250. The largest absolute Gasteiger partial charge is 0.446 e. The molecule has 2 fully saturated rings. The van der Waals surface area contributed by atoms with Gasteiger partial charge in [-0.1, -0.05) is 72.8 Å². The molecule has 1 saturated carbocycles. The van der Waals surface area contributed by atoms with E-state index in [2.05, 4.69) is 34.5 Å². The summed E-state index contributed by atoms with van der Waals surface area (Å²) < 4.78 is 22.1. The van der Waals surface area contributed by atoms with Crippen molar-refractivity contribution in [1.29, 1.82) is 0 Å². The number of para-hydroxylation sites is 1. The molecule has 2 aliphatic rings. The van der Waals surface area contributed by atoms with Crippen LogP contribution in [0, 0.1) is 11.8 Å². The van der Waals surface area contributed by atoms with E-state index in [-0.39, 0.29) is 18.5 Å². The second-order valence-corrected chi connectivity index (χ2v) is 11.8. The van der Waals surface area contributed by atoms with Crippen molar-refractivity contribution < 1.29 is 23.7 Å². The predicted octanol–water partition coefficient (Wildman–Crippen LogP) is 6.81. The van der Waals surface area contributed by atoms with Crippen LogP contribution in [-0.4, -0.2) is 70.5 Å². The van der Waals surface area contributed by atoms with Crippen LogP contribution in [0.3, 0.4) is 0 Å². The van der Waals surface area contributed by atoms with Crippen LogP contribution in [0.1, 0.15) is 36.8 Å². The maximum Gasteiger partial charge on any atom is 0.411 e. The molecule has 0 radical (unpaired) electrons. The average molecular weight is 587 g/mol. The van der Waals surface area contributed by atoms with E-state index in [0.717, 1.165) is 88.2 Å². The van der Waals surface area contributed by atoms with Crippen LogP contribution < -0.4 is 5.32 Å². The van der Waals surface area contributed by atoms with Crippen LogP contribution in [0.15, 0.2) is 78.9 Å². The van der Waals surface area contributed by atoms with Crippen LogP contribution in [0.5, 0.6) is 0 Å². The van der Waals surface area contributed by atoms with Crippen LogP contribution in [0.25, 0.3) is 11.1 Å². The maximum absolute atomic E-state index is 12.8. The number of carbonyl (C=O) groups is 1. The number of carbonyl (C=O) groups excluding carboxylic acids is 1. The van der Waals surface area contributed by atoms with E-state index in [9.17, 15) is 4.79 Å². The molecular formula is C36H46N2O5. The lowest BCUT2D eigenvalue weighted by molar-refractivity contribution is -0.109. The summed E-state index contributed by atoms with van der Waals surface area (Å²) in [6.45, 7) is 4.71. The molecular weight excluding hydrogens is 540 g/mol. The standard InChI is InChI=1S/C36H46N2O5/c1-40-35(41-2)13-8-21-42-22-19-28-16-14-27(15-17-28)18-20-38-25-30-23-32(24-31(30)26-38)43-36(39)37-34-12-7-6-11-33(34)29-9-4-3-5-10-29/h3-7,9-12,14-17,30-32,35H,8,13,18-26H2,1-2H3,(H,37,39). The smallest absolute Gasteiger partial charge is 0.411 e. The molecule has 7 nitrogen and oxygen atoms in total. The molecule has 7 heteroatoms. The molecule has 1 aliphatic heterocycles. The van der Waals surface area contributed by atoms with Crippen molar-refractivity contribution in [2.24, 2.45) is 11.8 Å². The van der Waals surface area contributed by atoms with Crippen molar-refractivity contribution in [2.45, 2.75) is 50.9 Å². The fourth-order valence-electron chi connectivity index (χ4n) is 6.51. The molecule has 1 aliphatic carbocycles. The number of ether oxygens (including phenoxy) is 4. The molecule has 43 heavy (non-hydrogen) atoms. The third-order valence-corrected chi connectivity index (χ3v) is 8.83. The van der Waals surface area contributed by atoms with Gasteiger partial charge in [-0.15, -0.1) is 0 Å². The number of rotatable bonds is 15. The first kappa shape index (κ1) is 31.2. The van der Waals surface area contributed by atoms with Gasteiger partial charge in [-0.25, -0.2) is 4.79 Å². The van der Waals surface area contributed by atoms with Crippen LogP contribution in [-0.2, 0) is 31.8 Å². The van der Waals surface area contributed by atoms with E-state index in [4.69, 9.17) is 18.9 Å². The SMILES string of the molecule is COC(CCCOCCc1ccc(CCN2CC3CC(OC(=O)Nc4ccccc4-c4ccccc4)CC3C2)cc1)OC. The summed E-state index contributed by atoms with van der Waals surface area (Å²) in [4.78, 5) is 15.4. The lowest BCUT2D eigenvalue weighted by Crippen LogP contribution is -2.27. The molecule has 1 amide bonds. The van der Waals surface area contributed by atoms with E-state index in [1.807, 2.05) is 54.6 Å². The Hall–Kier alpha value is -3.23. The Labute approximate surface area is 256 Å². The van der Waals surface area contributed by atoms with Gasteiger partial charge in [0.15, 0.2) is 6.29 Å². The highest BCUT2D eigenvalue weighted by molar-refractivity contribution is 5.91. The minimum absolute atomic E-state index is 0.00908. The average Bonchev–Trinajstić information content (AvgIpc) is 3.59. The highest BCUT2D eigenvalue weighted by Crippen LogP contribution is 2.39. The first-order valence-electron chi connectivity index (χ1n) is 15.7. The third-order valence-electron chi connectivity index (χ3n) is 8.83. The predicted molar refractivity (Wildman–Crippen MR) is 170 cm³/mol. The molecule has 1 N–H and O–H groups in total. The Balaban J connectivity index is 0.977. The molecule has 0 bridgehead atoms. The zero-order valence-electron chi connectivity index (χ0n) is 25.6. The lowest BCUT2D eigenvalue weighted by Gasteiger charge is -2.20. The summed E-state index contributed by atoms with van der Waals surface area (Å²) >= 11 is 0. The molecule has 3 aromatic carbocycles. The van der Waals surface area contributed by atoms with E-state index < -0.39 is 0 Å². The quantitative estimate of drug-likeness (QED) is 0.156. The second kappa shape index (κ2) is 16.0. The summed E-state index contributed by atoms with van der Waals surface area (Å²) in [5, 5.41) is 2.99. The van der Waals surface area contributed by atoms with Crippen LogP contribution in [0.4, 0.5) is 10.5 Å². The molecule has 0 aromatic heterocycles. The van der Waals surface area contributed by atoms with Gasteiger partial charge in [-0.05, 0) is 66.7 Å². The van der Waals surface area contributed by atoms with Crippen LogP contribution >= 0.6 is 0 Å². The minimum Gasteiger partial charge on any atom is -0.446 e. The van der Waals surface area contributed by atoms with Gasteiger partial charge in [0, 0.05) is 52.4 Å². The van der Waals surface area contributed by atoms with Gasteiger partial charge >= 0.3 is 6.09 Å². The van der Waals surface area contributed by atoms with E-state index >= 15 is 0 Å². The second-order valence-electron chi connectivity index (χ2n) is 11.8. The maximum atomic E-state index is 12.8. The number of hydrogen-bond acceptors (Lipinski definition) is 6. The lowest BCUT2D eigenvalue weighted by atomic mass is 10.0. The van der Waals surface area contributed by atoms with E-state index in [1.54, 1.807) is 14.2 Å². The molecule has 5 rings (SSSR count). The Morgan fingerprint density at radius 2 is 1.49 bits per heavy atom. The van der Waals surface area contributed by atoms with Crippen molar-refractivity contribution in [3.05, 3.63) is 90.0 Å². The van der Waals surface area contributed by atoms with Crippen molar-refractivity contribution in [3.8, 4) is 11.1 Å². The number of amides is 1. The number of methoxy groups -OCH3 is 2. The van der Waals surface area contributed by atoms with E-state index in [1.165, 1.54) is 11.1 Å². The number of likely N-dealkylation sites (tertiary alicyclic amines) is 1. The van der Waals surface area contributed by atoms with Gasteiger partial charge in [-0.3, -0.25) is 5.32 Å². The fraction of sp³-hybridized carbons (Fsp3) is 0.472. The first-order chi connectivity index (χ1) is 21.1. The van der Waals surface area contributed by atoms with Gasteiger partial charge in [0.25, 0.3) is 0 Å². The topological polar surface area (TPSA) is 69.3 Å². The van der Waals surface area contributed by atoms with E-state index in [0.29, 0.717) is 11.8 Å². The Morgan fingerprint density at radius 1 is 0.837 bits per heavy atom. The first-order valence-corrected chi connectivity index (χ1v) is 15.7. The number of benzene rings is 3. The zero-order valence-corrected chi connectivity index (χ0v) is 25.6. The van der Waals surface area contributed by atoms with Crippen LogP contribution in [0.2, 0.25) is 0 Å². The molecule has 0 spiro atoms. The number of nitrogens with zero attached hydrogens (tertiary/aromatic N) is 1. The third kappa shape index (κ3) is 9.13. The molecule has 2 atom stereocenters. The summed E-state index contributed by atoms with van der Waals surface area (Å²) in [7, 11) is 3.33. The Kier molecular flexibility index (Phi) is 11.6. The monoisotopic (exact) mass is 586 g/mol. The molecule has 230 valence electrons. The highest BCUT2D eigenvalue weighted by Gasteiger charge is 2.42. The summed E-state index contributed by atoms with van der Waals surface area (Å²) in [6, 6.07) is 26.9. The summed E-state index contributed by atoms with van der Waals surface area (Å²) in [5.74, 6) is 1.21. The van der Waals surface area contributed by atoms with Gasteiger partial charge in [-0.2, -0.15) is 0 Å². The molecule has 2 unspecified atom stereocenters. The van der Waals surface area contributed by atoms with Crippen molar-refractivity contribution in [2.75, 3.05) is 52.4 Å². The number of fused-ring (bicyclic) bond motifs is 1. The van der Waals surface area contributed by atoms with Crippen molar-refractivity contribution >= 4 is 11.8 Å².